The van der Waals surface area contributed by atoms with Gasteiger partial charge in [-0.2, -0.15) is 10.4 Å². The molecule has 0 amide bonds. The minimum Gasteiger partial charge on any atom is -0.346 e. The molecular formula is C22H20N8O2S2. The molecule has 5 aromatic heterocycles. The van der Waals surface area contributed by atoms with Crippen LogP contribution in [0.2, 0.25) is 0 Å². The monoisotopic (exact) mass is 492 g/mol. The van der Waals surface area contributed by atoms with Crippen LogP contribution in [0.5, 0.6) is 0 Å². The van der Waals surface area contributed by atoms with Gasteiger partial charge in [0.25, 0.3) is 0 Å². The summed E-state index contributed by atoms with van der Waals surface area (Å²) >= 11 is -0.345. The molecule has 0 radical (unpaired) electrons. The molecule has 12 heteroatoms. The average Bonchev–Trinajstić information content (AvgIpc) is 3.58. The molecule has 10 nitrogen and oxygen atoms in total. The summed E-state index contributed by atoms with van der Waals surface area (Å²) in [7, 11) is 0. The third kappa shape index (κ3) is 3.13. The summed E-state index contributed by atoms with van der Waals surface area (Å²) < 4.78 is 24.9. The average molecular weight is 493 g/mol. The van der Waals surface area contributed by atoms with Crippen LogP contribution in [-0.2, 0) is 16.6 Å². The van der Waals surface area contributed by atoms with Crippen molar-refractivity contribution >= 4 is 44.5 Å². The van der Waals surface area contributed by atoms with Gasteiger partial charge < -0.3 is 9.54 Å². The summed E-state index contributed by atoms with van der Waals surface area (Å²) in [5.74, 6) is 0.800. The van der Waals surface area contributed by atoms with Crippen LogP contribution < -0.4 is 0 Å². The number of nitrogens with one attached hydrogen (secondary N) is 1. The van der Waals surface area contributed by atoms with E-state index < -0.39 is 22.0 Å². The summed E-state index contributed by atoms with van der Waals surface area (Å²) in [4.78, 5) is 15.5. The van der Waals surface area contributed by atoms with Gasteiger partial charge in [-0.25, -0.2) is 14.2 Å². The van der Waals surface area contributed by atoms with E-state index in [-0.39, 0.29) is 6.42 Å². The van der Waals surface area contributed by atoms with Crippen molar-refractivity contribution in [2.45, 2.75) is 24.3 Å². The predicted octanol–water partition coefficient (Wildman–Crippen LogP) is 3.32. The van der Waals surface area contributed by atoms with Gasteiger partial charge in [-0.1, -0.05) is 6.07 Å². The first-order valence-electron chi connectivity index (χ1n) is 10.7. The number of nitriles is 1. The number of fused-ring (bicyclic) bond motifs is 3. The minimum absolute atomic E-state index is 0.254. The van der Waals surface area contributed by atoms with E-state index in [2.05, 4.69) is 25.7 Å². The molecule has 1 aliphatic rings. The second-order valence-electron chi connectivity index (χ2n) is 8.46. The number of likely N-dealkylation sites (tertiary alicyclic amines) is 1. The molecule has 0 aliphatic carbocycles. The van der Waals surface area contributed by atoms with E-state index in [4.69, 9.17) is 4.98 Å². The first-order chi connectivity index (χ1) is 16.5. The van der Waals surface area contributed by atoms with Crippen molar-refractivity contribution in [1.29, 1.82) is 5.26 Å². The molecule has 0 spiro atoms. The summed E-state index contributed by atoms with van der Waals surface area (Å²) in [5, 5.41) is 16.6. The highest BCUT2D eigenvalue weighted by molar-refractivity contribution is 7.79. The Balaban J connectivity index is 1.49. The van der Waals surface area contributed by atoms with Gasteiger partial charge in [0, 0.05) is 30.9 Å². The van der Waals surface area contributed by atoms with Crippen molar-refractivity contribution in [3.8, 4) is 22.5 Å². The normalized spacial score (nSPS) is 17.6. The molecule has 2 N–H and O–H groups in total. The van der Waals surface area contributed by atoms with Crippen LogP contribution in [-0.4, -0.2) is 61.4 Å². The Labute approximate surface area is 200 Å². The lowest BCUT2D eigenvalue weighted by Gasteiger charge is -2.50. The second-order valence-corrected chi connectivity index (χ2v) is 10.6. The number of rotatable bonds is 6. The summed E-state index contributed by atoms with van der Waals surface area (Å²) in [6, 6.07) is 8.29. The maximum atomic E-state index is 11.5. The lowest BCUT2D eigenvalue weighted by Crippen LogP contribution is -2.65. The van der Waals surface area contributed by atoms with E-state index in [1.165, 1.54) is 0 Å². The molecular weight excluding hydrogens is 472 g/mol. The first kappa shape index (κ1) is 21.2. The number of nitrogens with zero attached hydrogens (tertiary/aromatic N) is 7. The van der Waals surface area contributed by atoms with Gasteiger partial charge in [0.05, 0.1) is 41.0 Å². The molecule has 6 heterocycles. The molecule has 1 fully saturated rings. The quantitative estimate of drug-likeness (QED) is 0.348. The minimum atomic E-state index is -1.95. The maximum Gasteiger partial charge on any atom is 0.170 e. The van der Waals surface area contributed by atoms with Crippen LogP contribution in [0, 0.1) is 11.3 Å². The zero-order valence-electron chi connectivity index (χ0n) is 18.1. The molecule has 172 valence electrons. The first-order valence-corrected chi connectivity index (χ1v) is 12.7. The molecule has 34 heavy (non-hydrogen) atoms. The van der Waals surface area contributed by atoms with Crippen molar-refractivity contribution < 1.29 is 8.76 Å². The topological polar surface area (TPSA) is 129 Å². The third-order valence-corrected chi connectivity index (χ3v) is 8.21. The molecule has 2 unspecified atom stereocenters. The van der Waals surface area contributed by atoms with Gasteiger partial charge >= 0.3 is 0 Å². The Kier molecular flexibility index (Phi) is 4.89. The summed E-state index contributed by atoms with van der Waals surface area (Å²) in [5.41, 5.74) is 2.77. The highest BCUT2D eigenvalue weighted by Gasteiger charge is 2.48. The van der Waals surface area contributed by atoms with Crippen LogP contribution in [0.4, 0.5) is 0 Å². The van der Waals surface area contributed by atoms with Crippen LogP contribution in [0.1, 0.15) is 13.3 Å². The molecule has 6 rings (SSSR count). The summed E-state index contributed by atoms with van der Waals surface area (Å²) in [6.45, 7) is 2.66. The van der Waals surface area contributed by atoms with Gasteiger partial charge in [-0.05, 0) is 24.4 Å². The highest BCUT2D eigenvalue weighted by Crippen LogP contribution is 2.37. The van der Waals surface area contributed by atoms with E-state index in [1.807, 2.05) is 45.6 Å². The van der Waals surface area contributed by atoms with Crippen LogP contribution in [0.25, 0.3) is 38.5 Å². The number of thiophene rings is 1. The predicted molar refractivity (Wildman–Crippen MR) is 130 cm³/mol. The number of aromatic nitrogens is 6. The number of imidazole rings is 1. The van der Waals surface area contributed by atoms with Crippen molar-refractivity contribution in [2.24, 2.45) is 0 Å². The Morgan fingerprint density at radius 3 is 2.97 bits per heavy atom. The number of hydrogen-bond donors (Lipinski definition) is 2. The van der Waals surface area contributed by atoms with E-state index in [0.29, 0.717) is 13.1 Å². The second kappa shape index (κ2) is 7.85. The fourth-order valence-corrected chi connectivity index (χ4v) is 5.77. The Hall–Kier alpha value is -3.37. The van der Waals surface area contributed by atoms with Crippen LogP contribution in [0.15, 0.2) is 48.4 Å². The molecule has 0 bridgehead atoms. The van der Waals surface area contributed by atoms with Gasteiger partial charge in [0.1, 0.15) is 22.1 Å². The Bertz CT molecular complexity index is 1570. The number of pyridine rings is 1. The molecule has 1 saturated heterocycles. The zero-order valence-corrected chi connectivity index (χ0v) is 19.8. The number of H-pyrrole nitrogens is 1. The lowest BCUT2D eigenvalue weighted by atomic mass is 9.87. The fourth-order valence-electron chi connectivity index (χ4n) is 4.66. The van der Waals surface area contributed by atoms with Crippen molar-refractivity contribution in [3.05, 3.63) is 48.4 Å². The molecule has 0 saturated carbocycles. The van der Waals surface area contributed by atoms with Crippen LogP contribution >= 0.6 is 11.3 Å². The van der Waals surface area contributed by atoms with Gasteiger partial charge in [-0.3, -0.25) is 14.1 Å². The Morgan fingerprint density at radius 2 is 2.24 bits per heavy atom. The van der Waals surface area contributed by atoms with Gasteiger partial charge in [0.15, 0.2) is 16.9 Å². The smallest absolute Gasteiger partial charge is 0.170 e. The van der Waals surface area contributed by atoms with E-state index in [1.54, 1.807) is 30.7 Å². The Morgan fingerprint density at radius 1 is 1.38 bits per heavy atom. The third-order valence-electron chi connectivity index (χ3n) is 6.46. The van der Waals surface area contributed by atoms with E-state index in [9.17, 15) is 14.0 Å². The standard InChI is InChI=1S/C22H20N8O2S2/c1-14(34(31)32)28-12-22(13-28,5-6-23)29-11-15(9-26-29)30-19-16-4-7-24-20(16)25-10-17(19)27-21(30)18-3-2-8-33-18/h2-4,7-11,14H,5,12-13H2,1H3,(H,24,25)(H,31,32). The molecule has 2 atom stereocenters. The van der Waals surface area contributed by atoms with E-state index >= 15 is 0 Å². The maximum absolute atomic E-state index is 11.5. The number of aromatic amines is 1. The van der Waals surface area contributed by atoms with E-state index in [0.717, 1.165) is 38.5 Å². The van der Waals surface area contributed by atoms with Crippen LogP contribution in [0.3, 0.4) is 0 Å². The SMILES string of the molecule is CC(N1CC(CC#N)(n2cc(-n3c(-c4cccs4)nc4cnc5[nH]ccc5c43)cn2)C1)S(=O)O. The molecule has 5 aromatic rings. The summed E-state index contributed by atoms with van der Waals surface area (Å²) in [6.07, 6.45) is 7.60. The van der Waals surface area contributed by atoms with Crippen molar-refractivity contribution in [3.63, 3.8) is 0 Å². The molecule has 0 aromatic carbocycles. The fraction of sp³-hybridized carbons (Fsp3) is 0.273. The lowest BCUT2D eigenvalue weighted by molar-refractivity contribution is -0.00171. The highest BCUT2D eigenvalue weighted by atomic mass is 32.2. The number of hydrogen-bond acceptors (Lipinski definition) is 7. The molecule has 1 aliphatic heterocycles. The zero-order chi connectivity index (χ0) is 23.4. The van der Waals surface area contributed by atoms with Gasteiger partial charge in [-0.15, -0.1) is 11.3 Å². The van der Waals surface area contributed by atoms with Gasteiger partial charge in [0.2, 0.25) is 0 Å². The van der Waals surface area contributed by atoms with Crippen molar-refractivity contribution in [2.75, 3.05) is 13.1 Å². The largest absolute Gasteiger partial charge is 0.346 e. The van der Waals surface area contributed by atoms with Crippen molar-refractivity contribution in [1.82, 2.24) is 34.2 Å².